The Labute approximate surface area is 90.4 Å². The molecule has 0 fully saturated rings. The van der Waals surface area contributed by atoms with Gasteiger partial charge in [-0.15, -0.1) is 0 Å². The van der Waals surface area contributed by atoms with Crippen molar-refractivity contribution < 1.29 is 14.3 Å². The van der Waals surface area contributed by atoms with Crippen LogP contribution >= 0.6 is 0 Å². The van der Waals surface area contributed by atoms with Crippen LogP contribution in [0.3, 0.4) is 0 Å². The molecular weight excluding hydrogens is 196 g/mol. The molecule has 2 atom stereocenters. The highest BCUT2D eigenvalue weighted by molar-refractivity contribution is 5.85. The lowest BCUT2D eigenvalue weighted by atomic mass is 10.0. The molecule has 15 heavy (non-hydrogen) atoms. The quantitative estimate of drug-likeness (QED) is 0.628. The molecule has 0 bridgehead atoms. The van der Waals surface area contributed by atoms with E-state index in [1.165, 1.54) is 7.11 Å². The molecule has 0 aromatic rings. The Hall–Kier alpha value is -1.10. The minimum absolute atomic E-state index is 0.00799. The summed E-state index contributed by atoms with van der Waals surface area (Å²) in [4.78, 5) is 22.8. The highest BCUT2D eigenvalue weighted by atomic mass is 16.5. The first-order valence-corrected chi connectivity index (χ1v) is 5.02. The fraction of sp³-hybridized carbons (Fsp3) is 0.800. The fourth-order valence-corrected chi connectivity index (χ4v) is 1.03. The van der Waals surface area contributed by atoms with Crippen LogP contribution in [0.2, 0.25) is 0 Å². The van der Waals surface area contributed by atoms with Crippen LogP contribution in [0.4, 0.5) is 0 Å². The van der Waals surface area contributed by atoms with E-state index >= 15 is 0 Å². The van der Waals surface area contributed by atoms with E-state index in [9.17, 15) is 9.59 Å². The Morgan fingerprint density at radius 2 is 1.87 bits per heavy atom. The van der Waals surface area contributed by atoms with E-state index in [0.717, 1.165) is 0 Å². The molecule has 0 saturated heterocycles. The summed E-state index contributed by atoms with van der Waals surface area (Å²) < 4.78 is 4.60. The molecule has 0 radical (unpaired) electrons. The molecule has 0 saturated carbocycles. The van der Waals surface area contributed by atoms with Gasteiger partial charge in [-0.2, -0.15) is 0 Å². The second kappa shape index (κ2) is 6.40. The maximum atomic E-state index is 11.5. The summed E-state index contributed by atoms with van der Waals surface area (Å²) >= 11 is 0. The molecule has 0 aliphatic rings. The highest BCUT2D eigenvalue weighted by Crippen LogP contribution is 2.05. The number of esters is 1. The van der Waals surface area contributed by atoms with Crippen LogP contribution in [0.1, 0.15) is 20.8 Å². The van der Waals surface area contributed by atoms with Crippen LogP contribution in [0.5, 0.6) is 0 Å². The van der Waals surface area contributed by atoms with Gasteiger partial charge in [0.05, 0.1) is 7.11 Å². The number of carbonyl (C=O) groups is 2. The van der Waals surface area contributed by atoms with E-state index in [1.54, 1.807) is 6.92 Å². The molecule has 1 unspecified atom stereocenters. The molecule has 0 aliphatic carbocycles. The van der Waals surface area contributed by atoms with Gasteiger partial charge in [0.1, 0.15) is 6.04 Å². The maximum Gasteiger partial charge on any atom is 0.328 e. The molecule has 0 rings (SSSR count). The van der Waals surface area contributed by atoms with Gasteiger partial charge in [-0.3, -0.25) is 4.79 Å². The Balaban J connectivity index is 4.42. The number of rotatable bonds is 5. The third-order valence-corrected chi connectivity index (χ3v) is 2.22. The van der Waals surface area contributed by atoms with Crippen molar-refractivity contribution in [1.29, 1.82) is 0 Å². The van der Waals surface area contributed by atoms with Crippen molar-refractivity contribution in [3.63, 3.8) is 0 Å². The molecule has 0 aliphatic heterocycles. The average Bonchev–Trinajstić information content (AvgIpc) is 2.22. The van der Waals surface area contributed by atoms with Gasteiger partial charge in [0.25, 0.3) is 0 Å². The first-order chi connectivity index (χ1) is 6.93. The number of hydrogen-bond donors (Lipinski definition) is 2. The first kappa shape index (κ1) is 13.9. The lowest BCUT2D eigenvalue weighted by Gasteiger charge is -2.21. The van der Waals surface area contributed by atoms with Crippen LogP contribution in [0.15, 0.2) is 0 Å². The van der Waals surface area contributed by atoms with Gasteiger partial charge < -0.3 is 15.8 Å². The number of hydrogen-bond acceptors (Lipinski definition) is 4. The predicted octanol–water partition coefficient (Wildman–Crippen LogP) is -0.105. The van der Waals surface area contributed by atoms with Crippen molar-refractivity contribution in [1.82, 2.24) is 5.32 Å². The van der Waals surface area contributed by atoms with Crippen molar-refractivity contribution in [3.8, 4) is 0 Å². The second-order valence-corrected chi connectivity index (χ2v) is 3.89. The summed E-state index contributed by atoms with van der Waals surface area (Å²) in [5.74, 6) is -0.952. The zero-order valence-corrected chi connectivity index (χ0v) is 9.74. The summed E-state index contributed by atoms with van der Waals surface area (Å²) in [6.45, 7) is 5.66. The number of nitrogens with two attached hydrogens (primary N) is 1. The number of methoxy groups -OCH3 is 1. The van der Waals surface area contributed by atoms with Gasteiger partial charge in [0.15, 0.2) is 0 Å². The topological polar surface area (TPSA) is 81.4 Å². The third kappa shape index (κ3) is 4.29. The summed E-state index contributed by atoms with van der Waals surface area (Å²) in [6, 6.07) is -0.600. The van der Waals surface area contributed by atoms with Crippen molar-refractivity contribution in [2.75, 3.05) is 13.7 Å². The first-order valence-electron chi connectivity index (χ1n) is 5.02. The van der Waals surface area contributed by atoms with Crippen LogP contribution in [-0.4, -0.2) is 31.6 Å². The SMILES string of the molecule is COC(=O)[C@@H](NC(=O)C(C)CN)C(C)C. The molecule has 5 heteroatoms. The van der Waals surface area contributed by atoms with Crippen molar-refractivity contribution in [3.05, 3.63) is 0 Å². The zero-order valence-electron chi connectivity index (χ0n) is 9.74. The van der Waals surface area contributed by atoms with Crippen molar-refractivity contribution >= 4 is 11.9 Å². The van der Waals surface area contributed by atoms with Crippen molar-refractivity contribution in [2.45, 2.75) is 26.8 Å². The van der Waals surface area contributed by atoms with Gasteiger partial charge in [-0.1, -0.05) is 20.8 Å². The van der Waals surface area contributed by atoms with E-state index < -0.39 is 12.0 Å². The van der Waals surface area contributed by atoms with Crippen LogP contribution in [0, 0.1) is 11.8 Å². The van der Waals surface area contributed by atoms with E-state index in [4.69, 9.17) is 5.73 Å². The summed E-state index contributed by atoms with van der Waals surface area (Å²) in [5.41, 5.74) is 5.36. The maximum absolute atomic E-state index is 11.5. The van der Waals surface area contributed by atoms with Crippen LogP contribution in [-0.2, 0) is 14.3 Å². The van der Waals surface area contributed by atoms with E-state index in [-0.39, 0.29) is 24.3 Å². The second-order valence-electron chi connectivity index (χ2n) is 3.89. The molecule has 1 amide bonds. The fourth-order valence-electron chi connectivity index (χ4n) is 1.03. The predicted molar refractivity (Wildman–Crippen MR) is 57.0 cm³/mol. The highest BCUT2D eigenvalue weighted by Gasteiger charge is 2.26. The number of carbonyl (C=O) groups excluding carboxylic acids is 2. The minimum atomic E-state index is -0.600. The van der Waals surface area contributed by atoms with Crippen LogP contribution < -0.4 is 11.1 Å². The number of nitrogens with one attached hydrogen (secondary N) is 1. The lowest BCUT2D eigenvalue weighted by Crippen LogP contribution is -2.47. The molecule has 5 nitrogen and oxygen atoms in total. The van der Waals surface area contributed by atoms with E-state index in [2.05, 4.69) is 10.1 Å². The zero-order chi connectivity index (χ0) is 12.0. The number of ether oxygens (including phenoxy) is 1. The standard InChI is InChI=1S/C10H20N2O3/c1-6(2)8(10(14)15-4)12-9(13)7(3)5-11/h6-8H,5,11H2,1-4H3,(H,12,13)/t7?,8-/m0/s1. The molecule has 0 aromatic heterocycles. The number of amides is 1. The Morgan fingerprint density at radius 1 is 1.33 bits per heavy atom. The minimum Gasteiger partial charge on any atom is -0.467 e. The molecule has 0 spiro atoms. The average molecular weight is 216 g/mol. The van der Waals surface area contributed by atoms with E-state index in [1.807, 2.05) is 13.8 Å². The Bertz CT molecular complexity index is 229. The summed E-state index contributed by atoms with van der Waals surface area (Å²) in [6.07, 6.45) is 0. The summed E-state index contributed by atoms with van der Waals surface area (Å²) in [7, 11) is 1.30. The van der Waals surface area contributed by atoms with E-state index in [0.29, 0.717) is 0 Å². The lowest BCUT2D eigenvalue weighted by molar-refractivity contribution is -0.146. The van der Waals surface area contributed by atoms with Gasteiger partial charge >= 0.3 is 5.97 Å². The molecule has 0 heterocycles. The van der Waals surface area contributed by atoms with Gasteiger partial charge in [0, 0.05) is 12.5 Å². The van der Waals surface area contributed by atoms with Gasteiger partial charge in [-0.05, 0) is 5.92 Å². The molecular formula is C10H20N2O3. The van der Waals surface area contributed by atoms with Crippen molar-refractivity contribution in [2.24, 2.45) is 17.6 Å². The third-order valence-electron chi connectivity index (χ3n) is 2.22. The van der Waals surface area contributed by atoms with Crippen LogP contribution in [0.25, 0.3) is 0 Å². The summed E-state index contributed by atoms with van der Waals surface area (Å²) in [5, 5.41) is 2.62. The Kier molecular flexibility index (Phi) is 5.93. The monoisotopic (exact) mass is 216 g/mol. The van der Waals surface area contributed by atoms with Gasteiger partial charge in [0.2, 0.25) is 5.91 Å². The Morgan fingerprint density at radius 3 is 2.20 bits per heavy atom. The smallest absolute Gasteiger partial charge is 0.328 e. The molecule has 3 N–H and O–H groups in total. The normalized spacial score (nSPS) is 14.5. The molecule has 88 valence electrons. The largest absolute Gasteiger partial charge is 0.467 e. The van der Waals surface area contributed by atoms with Gasteiger partial charge in [-0.25, -0.2) is 4.79 Å². The molecule has 0 aromatic carbocycles.